The summed E-state index contributed by atoms with van der Waals surface area (Å²) in [6.07, 6.45) is 0. The Bertz CT molecular complexity index is 625. The number of aromatic amines is 1. The van der Waals surface area contributed by atoms with Crippen LogP contribution in [0.5, 0.6) is 5.88 Å². The maximum absolute atomic E-state index is 11.8. The Morgan fingerprint density at radius 1 is 1.40 bits per heavy atom. The normalized spacial score (nSPS) is 11.7. The topological polar surface area (TPSA) is 104 Å². The summed E-state index contributed by atoms with van der Waals surface area (Å²) in [4.78, 5) is 37.5. The number of carbonyl (C=O) groups is 1. The van der Waals surface area contributed by atoms with Crippen molar-refractivity contribution in [1.82, 2.24) is 14.9 Å². The third kappa shape index (κ3) is 2.92. The van der Waals surface area contributed by atoms with Crippen LogP contribution in [0.15, 0.2) is 9.59 Å². The minimum atomic E-state index is -0.900. The summed E-state index contributed by atoms with van der Waals surface area (Å²) >= 11 is 0. The molecule has 0 spiro atoms. The molecule has 0 bridgehead atoms. The van der Waals surface area contributed by atoms with Crippen molar-refractivity contribution < 1.29 is 9.90 Å². The van der Waals surface area contributed by atoms with Gasteiger partial charge in [0.2, 0.25) is 11.8 Å². The van der Waals surface area contributed by atoms with Gasteiger partial charge in [-0.15, -0.1) is 0 Å². The maximum Gasteiger partial charge on any atom is 0.331 e. The zero-order valence-corrected chi connectivity index (χ0v) is 12.4. The Kier molecular flexibility index (Phi) is 4.42. The number of hydrogen-bond donors (Lipinski definition) is 3. The summed E-state index contributed by atoms with van der Waals surface area (Å²) < 4.78 is 1.02. The standard InChI is InChI=1S/C13H21N3O4/c1-7(2)8-9(17)15-12(20)16(10(8)18)6-13(3,4)11(19)14-5/h7,18H,6H2,1-5H3,(H,14,19)(H,15,17,20). The molecule has 0 aliphatic heterocycles. The van der Waals surface area contributed by atoms with Gasteiger partial charge in [0.15, 0.2) is 0 Å². The first-order chi connectivity index (χ1) is 9.11. The van der Waals surface area contributed by atoms with Crippen molar-refractivity contribution in [3.05, 3.63) is 26.4 Å². The van der Waals surface area contributed by atoms with Crippen LogP contribution in [-0.2, 0) is 11.3 Å². The number of aromatic nitrogens is 2. The van der Waals surface area contributed by atoms with Crippen molar-refractivity contribution >= 4 is 5.91 Å². The Labute approximate surface area is 116 Å². The van der Waals surface area contributed by atoms with Gasteiger partial charge in [0.1, 0.15) is 0 Å². The number of nitrogens with zero attached hydrogens (tertiary/aromatic N) is 1. The fourth-order valence-corrected chi connectivity index (χ4v) is 2.05. The highest BCUT2D eigenvalue weighted by Gasteiger charge is 2.29. The van der Waals surface area contributed by atoms with Gasteiger partial charge in [-0.3, -0.25) is 19.1 Å². The fraction of sp³-hybridized carbons (Fsp3) is 0.615. The highest BCUT2D eigenvalue weighted by molar-refractivity contribution is 5.81. The molecule has 7 heteroatoms. The van der Waals surface area contributed by atoms with Crippen molar-refractivity contribution in [3.63, 3.8) is 0 Å². The van der Waals surface area contributed by atoms with Crippen molar-refractivity contribution in [2.45, 2.75) is 40.2 Å². The lowest BCUT2D eigenvalue weighted by Gasteiger charge is -2.24. The van der Waals surface area contributed by atoms with E-state index in [1.807, 2.05) is 0 Å². The number of rotatable bonds is 4. The zero-order valence-electron chi connectivity index (χ0n) is 12.4. The summed E-state index contributed by atoms with van der Waals surface area (Å²) in [5.41, 5.74) is -2.09. The molecular weight excluding hydrogens is 262 g/mol. The molecule has 1 aromatic heterocycles. The minimum Gasteiger partial charge on any atom is -0.494 e. The number of nitrogens with one attached hydrogen (secondary N) is 2. The Morgan fingerprint density at radius 3 is 2.40 bits per heavy atom. The van der Waals surface area contributed by atoms with Crippen LogP contribution < -0.4 is 16.6 Å². The predicted octanol–water partition coefficient (Wildman–Crippen LogP) is 0.138. The molecule has 0 aliphatic rings. The lowest BCUT2D eigenvalue weighted by molar-refractivity contribution is -0.129. The van der Waals surface area contributed by atoms with Crippen LogP contribution >= 0.6 is 0 Å². The van der Waals surface area contributed by atoms with Gasteiger partial charge in [-0.25, -0.2) is 4.79 Å². The van der Waals surface area contributed by atoms with Gasteiger partial charge in [-0.2, -0.15) is 0 Å². The van der Waals surface area contributed by atoms with E-state index in [9.17, 15) is 19.5 Å². The molecular formula is C13H21N3O4. The van der Waals surface area contributed by atoms with E-state index in [2.05, 4.69) is 10.3 Å². The lowest BCUT2D eigenvalue weighted by atomic mass is 9.92. The van der Waals surface area contributed by atoms with E-state index in [4.69, 9.17) is 0 Å². The van der Waals surface area contributed by atoms with Crippen molar-refractivity contribution in [2.75, 3.05) is 7.05 Å². The number of aromatic hydroxyl groups is 1. The van der Waals surface area contributed by atoms with Gasteiger partial charge in [-0.05, 0) is 19.8 Å². The van der Waals surface area contributed by atoms with Crippen LogP contribution in [0.3, 0.4) is 0 Å². The molecule has 112 valence electrons. The first kappa shape index (κ1) is 16.0. The molecule has 0 aliphatic carbocycles. The first-order valence-corrected chi connectivity index (χ1v) is 6.40. The lowest BCUT2D eigenvalue weighted by Crippen LogP contribution is -2.42. The van der Waals surface area contributed by atoms with Gasteiger partial charge < -0.3 is 10.4 Å². The van der Waals surface area contributed by atoms with Crippen molar-refractivity contribution in [1.29, 1.82) is 0 Å². The number of H-pyrrole nitrogens is 1. The highest BCUT2D eigenvalue weighted by Crippen LogP contribution is 2.24. The third-order valence-electron chi connectivity index (χ3n) is 3.18. The number of amides is 1. The van der Waals surface area contributed by atoms with E-state index in [-0.39, 0.29) is 29.8 Å². The molecule has 0 unspecified atom stereocenters. The second-order valence-corrected chi connectivity index (χ2v) is 5.70. The van der Waals surface area contributed by atoms with Crippen LogP contribution in [-0.4, -0.2) is 27.6 Å². The molecule has 3 N–H and O–H groups in total. The molecule has 20 heavy (non-hydrogen) atoms. The second kappa shape index (κ2) is 5.52. The molecule has 7 nitrogen and oxygen atoms in total. The van der Waals surface area contributed by atoms with E-state index in [1.54, 1.807) is 27.7 Å². The number of carbonyl (C=O) groups excluding carboxylic acids is 1. The summed E-state index contributed by atoms with van der Waals surface area (Å²) in [6.45, 7) is 6.75. The van der Waals surface area contributed by atoms with Crippen LogP contribution in [0.4, 0.5) is 0 Å². The van der Waals surface area contributed by atoms with Crippen LogP contribution in [0.1, 0.15) is 39.2 Å². The summed E-state index contributed by atoms with van der Waals surface area (Å²) in [6, 6.07) is 0. The molecule has 1 heterocycles. The van der Waals surface area contributed by atoms with Crippen molar-refractivity contribution in [2.24, 2.45) is 5.41 Å². The van der Waals surface area contributed by atoms with E-state index in [0.717, 1.165) is 4.57 Å². The SMILES string of the molecule is CNC(=O)C(C)(C)Cn1c(O)c(C(C)C)c(=O)[nH]c1=O. The van der Waals surface area contributed by atoms with E-state index in [1.165, 1.54) is 7.05 Å². The monoisotopic (exact) mass is 283 g/mol. The van der Waals surface area contributed by atoms with Gasteiger partial charge in [0.25, 0.3) is 5.56 Å². The minimum absolute atomic E-state index is 0.0339. The fourth-order valence-electron chi connectivity index (χ4n) is 2.05. The predicted molar refractivity (Wildman–Crippen MR) is 74.9 cm³/mol. The van der Waals surface area contributed by atoms with Crippen molar-refractivity contribution in [3.8, 4) is 5.88 Å². The molecule has 0 atom stereocenters. The molecule has 1 rings (SSSR count). The van der Waals surface area contributed by atoms with Gasteiger partial charge in [0.05, 0.1) is 11.0 Å². The molecule has 0 radical (unpaired) electrons. The molecule has 1 aromatic rings. The average molecular weight is 283 g/mol. The molecule has 0 aromatic carbocycles. The molecule has 0 saturated carbocycles. The largest absolute Gasteiger partial charge is 0.494 e. The summed E-state index contributed by atoms with van der Waals surface area (Å²) in [5, 5.41) is 12.7. The zero-order chi connectivity index (χ0) is 15.7. The highest BCUT2D eigenvalue weighted by atomic mass is 16.3. The van der Waals surface area contributed by atoms with E-state index < -0.39 is 16.7 Å². The second-order valence-electron chi connectivity index (χ2n) is 5.70. The Morgan fingerprint density at radius 2 is 1.95 bits per heavy atom. The first-order valence-electron chi connectivity index (χ1n) is 6.40. The number of hydrogen-bond acceptors (Lipinski definition) is 4. The average Bonchev–Trinajstić information content (AvgIpc) is 2.32. The van der Waals surface area contributed by atoms with Crippen LogP contribution in [0, 0.1) is 5.41 Å². The quantitative estimate of drug-likeness (QED) is 0.731. The summed E-state index contributed by atoms with van der Waals surface area (Å²) in [5.74, 6) is -0.888. The Balaban J connectivity index is 3.41. The van der Waals surface area contributed by atoms with Crippen LogP contribution in [0.2, 0.25) is 0 Å². The summed E-state index contributed by atoms with van der Waals surface area (Å²) in [7, 11) is 1.50. The molecule has 0 fully saturated rings. The van der Waals surface area contributed by atoms with Gasteiger partial charge in [0, 0.05) is 13.6 Å². The maximum atomic E-state index is 11.8. The smallest absolute Gasteiger partial charge is 0.331 e. The molecule has 0 saturated heterocycles. The van der Waals surface area contributed by atoms with E-state index in [0.29, 0.717) is 0 Å². The van der Waals surface area contributed by atoms with Crippen LogP contribution in [0.25, 0.3) is 0 Å². The molecule has 1 amide bonds. The van der Waals surface area contributed by atoms with Gasteiger partial charge in [-0.1, -0.05) is 13.8 Å². The third-order valence-corrected chi connectivity index (χ3v) is 3.18. The van der Waals surface area contributed by atoms with Gasteiger partial charge >= 0.3 is 5.69 Å². The van der Waals surface area contributed by atoms with E-state index >= 15 is 0 Å². The Hall–Kier alpha value is -2.05.